The summed E-state index contributed by atoms with van der Waals surface area (Å²) in [5.41, 5.74) is 7.41. The molecule has 0 saturated carbocycles. The summed E-state index contributed by atoms with van der Waals surface area (Å²) in [7, 11) is 0. The van der Waals surface area contributed by atoms with E-state index in [1.54, 1.807) is 6.92 Å². The van der Waals surface area contributed by atoms with Crippen LogP contribution in [-0.4, -0.2) is 16.7 Å². The summed E-state index contributed by atoms with van der Waals surface area (Å²) < 4.78 is 0.184. The second-order valence-electron chi connectivity index (χ2n) is 5.47. The molecule has 0 fully saturated rings. The Morgan fingerprint density at radius 3 is 2.44 bits per heavy atom. The average molecular weight is 266 g/mol. The highest BCUT2D eigenvalue weighted by Gasteiger charge is 2.13. The Bertz CT molecular complexity index is 436. The van der Waals surface area contributed by atoms with Crippen LogP contribution < -0.4 is 11.1 Å². The first-order valence-electron chi connectivity index (χ1n) is 6.05. The van der Waals surface area contributed by atoms with Crippen LogP contribution in [0.5, 0.6) is 0 Å². The van der Waals surface area contributed by atoms with Gasteiger partial charge in [-0.15, -0.1) is 11.8 Å². The molecule has 0 radical (unpaired) electrons. The van der Waals surface area contributed by atoms with Crippen LogP contribution in [0.1, 0.15) is 33.3 Å². The van der Waals surface area contributed by atoms with Gasteiger partial charge in [0.05, 0.1) is 6.04 Å². The van der Waals surface area contributed by atoms with Crippen LogP contribution in [0.4, 0.5) is 5.69 Å². The van der Waals surface area contributed by atoms with E-state index in [0.29, 0.717) is 0 Å². The summed E-state index contributed by atoms with van der Waals surface area (Å²) in [5, 5.41) is 2.83. The number of carbonyl (C=O) groups excluding carboxylic acids is 1. The zero-order chi connectivity index (χ0) is 13.9. The van der Waals surface area contributed by atoms with Crippen LogP contribution in [0.25, 0.3) is 0 Å². The Hall–Kier alpha value is -1.00. The lowest BCUT2D eigenvalue weighted by atomic mass is 10.2. The van der Waals surface area contributed by atoms with E-state index in [9.17, 15) is 4.79 Å². The van der Waals surface area contributed by atoms with E-state index in [1.807, 2.05) is 30.8 Å². The average Bonchev–Trinajstić information content (AvgIpc) is 2.19. The topological polar surface area (TPSA) is 55.1 Å². The van der Waals surface area contributed by atoms with Crippen LogP contribution in [-0.2, 0) is 4.79 Å². The van der Waals surface area contributed by atoms with Gasteiger partial charge in [0.2, 0.25) is 5.91 Å². The molecule has 0 unspecified atom stereocenters. The zero-order valence-electron chi connectivity index (χ0n) is 11.7. The molecule has 3 N–H and O–H groups in total. The second-order valence-corrected chi connectivity index (χ2v) is 7.37. The van der Waals surface area contributed by atoms with Crippen molar-refractivity contribution in [2.24, 2.45) is 5.73 Å². The molecule has 100 valence electrons. The van der Waals surface area contributed by atoms with Crippen LogP contribution in [0.2, 0.25) is 0 Å². The third kappa shape index (κ3) is 4.70. The van der Waals surface area contributed by atoms with Crippen molar-refractivity contribution in [1.82, 2.24) is 0 Å². The van der Waals surface area contributed by atoms with Gasteiger partial charge in [-0.2, -0.15) is 0 Å². The lowest BCUT2D eigenvalue weighted by Crippen LogP contribution is -2.32. The predicted molar refractivity (Wildman–Crippen MR) is 79.1 cm³/mol. The molecule has 0 aliphatic carbocycles. The lowest BCUT2D eigenvalue weighted by Gasteiger charge is -2.18. The maximum absolute atomic E-state index is 11.5. The number of nitrogens with one attached hydrogen (secondary N) is 1. The molecular weight excluding hydrogens is 244 g/mol. The smallest absolute Gasteiger partial charge is 0.241 e. The first-order chi connectivity index (χ1) is 8.19. The van der Waals surface area contributed by atoms with Gasteiger partial charge >= 0.3 is 0 Å². The van der Waals surface area contributed by atoms with Crippen molar-refractivity contribution in [1.29, 1.82) is 0 Å². The molecule has 0 saturated heterocycles. The highest BCUT2D eigenvalue weighted by atomic mass is 32.2. The number of nitrogens with two attached hydrogens (primary N) is 1. The van der Waals surface area contributed by atoms with Crippen LogP contribution in [0.3, 0.4) is 0 Å². The number of thioether (sulfide) groups is 1. The van der Waals surface area contributed by atoms with Crippen molar-refractivity contribution in [3.8, 4) is 0 Å². The third-order valence-electron chi connectivity index (χ3n) is 2.29. The Morgan fingerprint density at radius 1 is 1.39 bits per heavy atom. The number of hydrogen-bond donors (Lipinski definition) is 2. The van der Waals surface area contributed by atoms with Crippen molar-refractivity contribution in [3.05, 3.63) is 23.8 Å². The molecule has 0 aliphatic heterocycles. The van der Waals surface area contributed by atoms with Gasteiger partial charge in [0, 0.05) is 15.3 Å². The molecular formula is C14H22N2OS. The fraction of sp³-hybridized carbons (Fsp3) is 0.500. The van der Waals surface area contributed by atoms with Crippen molar-refractivity contribution >= 4 is 23.4 Å². The van der Waals surface area contributed by atoms with Gasteiger partial charge in [-0.1, -0.05) is 20.8 Å². The third-order valence-corrected chi connectivity index (χ3v) is 3.40. The van der Waals surface area contributed by atoms with E-state index < -0.39 is 6.04 Å². The summed E-state index contributed by atoms with van der Waals surface area (Å²) in [5.74, 6) is -0.158. The second kappa shape index (κ2) is 5.76. The molecule has 3 nitrogen and oxygen atoms in total. The van der Waals surface area contributed by atoms with Crippen LogP contribution in [0, 0.1) is 6.92 Å². The van der Waals surface area contributed by atoms with Gasteiger partial charge in [0.15, 0.2) is 0 Å². The van der Waals surface area contributed by atoms with Crippen molar-refractivity contribution < 1.29 is 4.79 Å². The maximum atomic E-state index is 11.5. The highest BCUT2D eigenvalue weighted by Crippen LogP contribution is 2.33. The number of rotatable bonds is 3. The normalized spacial score (nSPS) is 13.2. The van der Waals surface area contributed by atoms with Gasteiger partial charge in [0.25, 0.3) is 0 Å². The Kier molecular flexibility index (Phi) is 4.82. The van der Waals surface area contributed by atoms with Gasteiger partial charge < -0.3 is 11.1 Å². The number of amides is 1. The molecule has 1 amide bonds. The first-order valence-corrected chi connectivity index (χ1v) is 6.87. The minimum atomic E-state index is -0.493. The largest absolute Gasteiger partial charge is 0.325 e. The summed E-state index contributed by atoms with van der Waals surface area (Å²) in [6, 6.07) is 5.56. The minimum absolute atomic E-state index is 0.158. The standard InChI is InChI=1S/C14H22N2OS/c1-9-8-11(18-14(3,4)5)6-7-12(9)16-13(17)10(2)15/h6-8,10H,15H2,1-5H3,(H,16,17)/t10-/m0/s1. The Labute approximate surface area is 114 Å². The fourth-order valence-corrected chi connectivity index (χ4v) is 2.52. The quantitative estimate of drug-likeness (QED) is 0.826. The van der Waals surface area contributed by atoms with Crippen LogP contribution in [0.15, 0.2) is 23.1 Å². The molecule has 18 heavy (non-hydrogen) atoms. The minimum Gasteiger partial charge on any atom is -0.325 e. The number of aryl methyl sites for hydroxylation is 1. The number of carbonyl (C=O) groups is 1. The Balaban J connectivity index is 2.83. The molecule has 4 heteroatoms. The monoisotopic (exact) mass is 266 g/mol. The maximum Gasteiger partial charge on any atom is 0.241 e. The van der Waals surface area contributed by atoms with Crippen molar-refractivity contribution in [2.75, 3.05) is 5.32 Å². The summed E-state index contributed by atoms with van der Waals surface area (Å²) in [6.07, 6.45) is 0. The molecule has 1 atom stereocenters. The summed E-state index contributed by atoms with van der Waals surface area (Å²) >= 11 is 1.81. The summed E-state index contributed by atoms with van der Waals surface area (Å²) in [6.45, 7) is 10.2. The highest BCUT2D eigenvalue weighted by molar-refractivity contribution is 8.00. The summed E-state index contributed by atoms with van der Waals surface area (Å²) in [4.78, 5) is 12.7. The molecule has 0 spiro atoms. The number of benzene rings is 1. The number of hydrogen-bond acceptors (Lipinski definition) is 3. The first kappa shape index (κ1) is 15.1. The fourth-order valence-electron chi connectivity index (χ4n) is 1.44. The van der Waals surface area contributed by atoms with Gasteiger partial charge in [-0.05, 0) is 37.6 Å². The van der Waals surface area contributed by atoms with Gasteiger partial charge in [-0.25, -0.2) is 0 Å². The molecule has 1 rings (SSSR count). The van der Waals surface area contributed by atoms with E-state index in [0.717, 1.165) is 11.3 Å². The van der Waals surface area contributed by atoms with E-state index in [2.05, 4.69) is 32.2 Å². The lowest BCUT2D eigenvalue weighted by molar-refractivity contribution is -0.117. The van der Waals surface area contributed by atoms with E-state index in [-0.39, 0.29) is 10.7 Å². The van der Waals surface area contributed by atoms with Gasteiger partial charge in [-0.3, -0.25) is 4.79 Å². The molecule has 0 aliphatic rings. The number of anilines is 1. The molecule has 1 aromatic carbocycles. The van der Waals surface area contributed by atoms with E-state index >= 15 is 0 Å². The van der Waals surface area contributed by atoms with Crippen LogP contribution >= 0.6 is 11.8 Å². The molecule has 0 aromatic heterocycles. The SMILES string of the molecule is Cc1cc(SC(C)(C)C)ccc1NC(=O)[C@H](C)N. The Morgan fingerprint density at radius 2 is 2.00 bits per heavy atom. The van der Waals surface area contributed by atoms with Crippen molar-refractivity contribution in [3.63, 3.8) is 0 Å². The van der Waals surface area contributed by atoms with E-state index in [1.165, 1.54) is 4.90 Å². The molecule has 0 heterocycles. The zero-order valence-corrected chi connectivity index (χ0v) is 12.5. The molecule has 0 bridgehead atoms. The van der Waals surface area contributed by atoms with Crippen molar-refractivity contribution in [2.45, 2.75) is 50.3 Å². The molecule has 1 aromatic rings. The predicted octanol–water partition coefficient (Wildman–Crippen LogP) is 3.17. The van der Waals surface area contributed by atoms with E-state index in [4.69, 9.17) is 5.73 Å². The van der Waals surface area contributed by atoms with Gasteiger partial charge in [0.1, 0.15) is 0 Å².